The minimum atomic E-state index is -1.02. The molecule has 2 N–H and O–H groups in total. The number of aromatic nitrogens is 2. The molecule has 1 aromatic rings. The Bertz CT molecular complexity index is 804. The van der Waals surface area contributed by atoms with Crippen LogP contribution in [0.2, 0.25) is 0 Å². The first-order valence-electron chi connectivity index (χ1n) is 11.5. The molecule has 3 heterocycles. The number of imidazole rings is 1. The van der Waals surface area contributed by atoms with Crippen molar-refractivity contribution in [1.29, 1.82) is 0 Å². The first-order valence-corrected chi connectivity index (χ1v) is 11.5. The number of aliphatic carboxylic acids is 1. The van der Waals surface area contributed by atoms with Gasteiger partial charge in [-0.25, -0.2) is 9.78 Å². The summed E-state index contributed by atoms with van der Waals surface area (Å²) >= 11 is 0. The van der Waals surface area contributed by atoms with Crippen LogP contribution in [-0.2, 0) is 32.1 Å². The molecule has 1 aromatic heterocycles. The smallest absolute Gasteiger partial charge is 0.326 e. The predicted octanol–water partition coefficient (Wildman–Crippen LogP) is 1.36. The number of ether oxygens (including phenoxy) is 1. The van der Waals surface area contributed by atoms with E-state index < -0.39 is 18.1 Å². The van der Waals surface area contributed by atoms with Gasteiger partial charge in [-0.1, -0.05) is 19.3 Å². The Morgan fingerprint density at radius 3 is 2.74 bits per heavy atom. The third-order valence-corrected chi connectivity index (χ3v) is 6.73. The number of fused-ring (bicyclic) bond motifs is 4. The molecular formula is C22H32N4O5. The van der Waals surface area contributed by atoms with Crippen LogP contribution in [-0.4, -0.2) is 68.7 Å². The Hall–Kier alpha value is -2.42. The van der Waals surface area contributed by atoms with Gasteiger partial charge in [-0.05, 0) is 31.6 Å². The number of rotatable bonds is 2. The summed E-state index contributed by atoms with van der Waals surface area (Å²) in [6.07, 6.45) is 10.3. The maximum Gasteiger partial charge on any atom is 0.326 e. The summed E-state index contributed by atoms with van der Waals surface area (Å²) in [4.78, 5) is 44.0. The number of nitrogens with one attached hydrogen (secondary N) is 1. The van der Waals surface area contributed by atoms with Gasteiger partial charge in [-0.3, -0.25) is 9.59 Å². The van der Waals surface area contributed by atoms with Gasteiger partial charge in [-0.15, -0.1) is 0 Å². The van der Waals surface area contributed by atoms with Crippen LogP contribution in [0.5, 0.6) is 0 Å². The van der Waals surface area contributed by atoms with E-state index in [0.717, 1.165) is 51.5 Å². The fourth-order valence-corrected chi connectivity index (χ4v) is 5.08. The van der Waals surface area contributed by atoms with Crippen molar-refractivity contribution in [1.82, 2.24) is 19.8 Å². The van der Waals surface area contributed by atoms with Crippen molar-refractivity contribution in [3.63, 3.8) is 0 Å². The molecule has 9 nitrogen and oxygen atoms in total. The van der Waals surface area contributed by atoms with Crippen molar-refractivity contribution in [3.05, 3.63) is 18.2 Å². The van der Waals surface area contributed by atoms with Gasteiger partial charge in [0.15, 0.2) is 0 Å². The first kappa shape index (κ1) is 21.8. The summed E-state index contributed by atoms with van der Waals surface area (Å²) in [5, 5.41) is 12.7. The molecule has 9 heteroatoms. The molecule has 0 spiro atoms. The molecule has 0 radical (unpaired) electrons. The van der Waals surface area contributed by atoms with E-state index in [-0.39, 0.29) is 43.2 Å². The van der Waals surface area contributed by atoms with Gasteiger partial charge in [0.2, 0.25) is 11.8 Å². The highest BCUT2D eigenvalue weighted by Crippen LogP contribution is 2.30. The van der Waals surface area contributed by atoms with Gasteiger partial charge < -0.3 is 24.6 Å². The highest BCUT2D eigenvalue weighted by molar-refractivity contribution is 5.91. The van der Waals surface area contributed by atoms with Gasteiger partial charge in [0.25, 0.3) is 0 Å². The summed E-state index contributed by atoms with van der Waals surface area (Å²) in [6.45, 7) is 1.58. The molecule has 3 atom stereocenters. The number of amides is 2. The molecular weight excluding hydrogens is 400 g/mol. The maximum atomic E-state index is 13.6. The lowest BCUT2D eigenvalue weighted by molar-refractivity contribution is -0.150. The number of carboxylic acid groups (broad SMARTS) is 1. The number of nitrogens with zero attached hydrogens (tertiary/aromatic N) is 3. The van der Waals surface area contributed by atoms with Crippen LogP contribution >= 0.6 is 0 Å². The Morgan fingerprint density at radius 2 is 1.97 bits per heavy atom. The van der Waals surface area contributed by atoms with Crippen LogP contribution in [0.3, 0.4) is 0 Å². The van der Waals surface area contributed by atoms with Gasteiger partial charge >= 0.3 is 5.97 Å². The summed E-state index contributed by atoms with van der Waals surface area (Å²) < 4.78 is 7.90. The van der Waals surface area contributed by atoms with Crippen molar-refractivity contribution >= 4 is 17.8 Å². The molecule has 2 amide bonds. The average Bonchev–Trinajstić information content (AvgIpc) is 3.38. The van der Waals surface area contributed by atoms with E-state index in [2.05, 4.69) is 10.3 Å². The zero-order valence-corrected chi connectivity index (χ0v) is 17.9. The molecule has 1 saturated heterocycles. The van der Waals surface area contributed by atoms with Crippen LogP contribution in [0.15, 0.2) is 12.5 Å². The molecule has 0 unspecified atom stereocenters. The van der Waals surface area contributed by atoms with Gasteiger partial charge in [0.05, 0.1) is 24.5 Å². The molecule has 0 aromatic carbocycles. The second-order valence-electron chi connectivity index (χ2n) is 9.00. The van der Waals surface area contributed by atoms with Crippen molar-refractivity contribution in [2.45, 2.75) is 82.5 Å². The molecule has 1 aliphatic carbocycles. The molecule has 2 fully saturated rings. The van der Waals surface area contributed by atoms with E-state index in [0.29, 0.717) is 12.3 Å². The van der Waals surface area contributed by atoms with E-state index >= 15 is 0 Å². The normalized spacial score (nSPS) is 29.0. The Labute approximate surface area is 182 Å². The number of hydrogen-bond acceptors (Lipinski definition) is 5. The zero-order valence-electron chi connectivity index (χ0n) is 17.9. The highest BCUT2D eigenvalue weighted by Gasteiger charge is 2.44. The van der Waals surface area contributed by atoms with Gasteiger partial charge in [0, 0.05) is 32.3 Å². The number of carbonyl (C=O) groups is 3. The van der Waals surface area contributed by atoms with Crippen molar-refractivity contribution in [2.75, 3.05) is 13.2 Å². The SMILES string of the molecule is O=C1Cc2cn(cn2)CCCCO[C@@H]2C[C@@H](C(=O)O)N(C2)C(=O)[C@H](C2CCCCC2)N1. The number of hydrogen-bond donors (Lipinski definition) is 2. The lowest BCUT2D eigenvalue weighted by Crippen LogP contribution is -2.55. The number of carboxylic acids is 1. The summed E-state index contributed by atoms with van der Waals surface area (Å²) in [6, 6.07) is -1.62. The van der Waals surface area contributed by atoms with E-state index in [9.17, 15) is 19.5 Å². The van der Waals surface area contributed by atoms with Gasteiger partial charge in [-0.2, -0.15) is 0 Å². The number of carbonyl (C=O) groups excluding carboxylic acids is 2. The second kappa shape index (κ2) is 9.80. The van der Waals surface area contributed by atoms with Crippen LogP contribution in [0.25, 0.3) is 0 Å². The Morgan fingerprint density at radius 1 is 1.16 bits per heavy atom. The monoisotopic (exact) mass is 432 g/mol. The summed E-state index contributed by atoms with van der Waals surface area (Å²) in [7, 11) is 0. The van der Waals surface area contributed by atoms with Crippen molar-refractivity contribution in [2.24, 2.45) is 5.92 Å². The van der Waals surface area contributed by atoms with Crippen molar-refractivity contribution in [3.8, 4) is 0 Å². The molecule has 4 bridgehead atoms. The van der Waals surface area contributed by atoms with E-state index in [1.54, 1.807) is 6.33 Å². The van der Waals surface area contributed by atoms with Crippen LogP contribution < -0.4 is 5.32 Å². The van der Waals surface area contributed by atoms with Crippen LogP contribution in [0.1, 0.15) is 57.1 Å². The topological polar surface area (TPSA) is 114 Å². The molecule has 170 valence electrons. The molecule has 2 aliphatic heterocycles. The quantitative estimate of drug-likeness (QED) is 0.729. The minimum absolute atomic E-state index is 0.0241. The fraction of sp³-hybridized carbons (Fsp3) is 0.727. The van der Waals surface area contributed by atoms with Crippen LogP contribution in [0, 0.1) is 5.92 Å². The highest BCUT2D eigenvalue weighted by atomic mass is 16.5. The molecule has 4 rings (SSSR count). The molecule has 31 heavy (non-hydrogen) atoms. The fourth-order valence-electron chi connectivity index (χ4n) is 5.08. The van der Waals surface area contributed by atoms with E-state index in [1.165, 1.54) is 4.90 Å². The van der Waals surface area contributed by atoms with E-state index in [4.69, 9.17) is 4.74 Å². The average molecular weight is 433 g/mol. The number of aryl methyl sites for hydroxylation is 1. The second-order valence-corrected chi connectivity index (χ2v) is 9.00. The maximum absolute atomic E-state index is 13.6. The van der Waals surface area contributed by atoms with E-state index in [1.807, 2.05) is 10.8 Å². The molecule has 1 saturated carbocycles. The third kappa shape index (κ3) is 5.26. The van der Waals surface area contributed by atoms with Crippen molar-refractivity contribution < 1.29 is 24.2 Å². The molecule has 3 aliphatic rings. The third-order valence-electron chi connectivity index (χ3n) is 6.73. The predicted molar refractivity (Wildman–Crippen MR) is 111 cm³/mol. The Balaban J connectivity index is 1.59. The standard InChI is InChI=1S/C22H32N4O5/c27-19-10-16-12-25(14-23-16)8-4-5-9-31-17-11-18(22(29)30)26(13-17)21(28)20(24-19)15-6-2-1-3-7-15/h12,14-15,17-18,20H,1-11,13H2,(H,24,27)(H,29,30)/t17-,18+,20+/m1/s1. The summed E-state index contributed by atoms with van der Waals surface area (Å²) in [5.41, 5.74) is 0.667. The van der Waals surface area contributed by atoms with Gasteiger partial charge in [0.1, 0.15) is 12.1 Å². The minimum Gasteiger partial charge on any atom is -0.480 e. The summed E-state index contributed by atoms with van der Waals surface area (Å²) in [5.74, 6) is -1.54. The lowest BCUT2D eigenvalue weighted by atomic mass is 9.83. The lowest BCUT2D eigenvalue weighted by Gasteiger charge is -2.34. The largest absolute Gasteiger partial charge is 0.480 e. The van der Waals surface area contributed by atoms with Crippen LogP contribution in [0.4, 0.5) is 0 Å². The Kier molecular flexibility index (Phi) is 6.89. The zero-order chi connectivity index (χ0) is 21.8. The first-order chi connectivity index (χ1) is 15.0.